The summed E-state index contributed by atoms with van der Waals surface area (Å²) in [6.07, 6.45) is 0. The lowest BCUT2D eigenvalue weighted by molar-refractivity contribution is -0.170. The molecule has 0 aliphatic rings. The molecular formula is C12H16FNO2. The highest BCUT2D eigenvalue weighted by Gasteiger charge is 2.32. The Kier molecular flexibility index (Phi) is 3.65. The first-order valence-corrected chi connectivity index (χ1v) is 5.16. The summed E-state index contributed by atoms with van der Waals surface area (Å²) in [5, 5.41) is 10.1. The number of likely N-dealkylation sites (N-methyl/N-ethyl adjacent to an activating group) is 1. The van der Waals surface area contributed by atoms with Gasteiger partial charge in [-0.2, -0.15) is 0 Å². The van der Waals surface area contributed by atoms with Crippen LogP contribution in [-0.2, 0) is 10.2 Å². The number of halogens is 1. The lowest BCUT2D eigenvalue weighted by Crippen LogP contribution is -2.41. The summed E-state index contributed by atoms with van der Waals surface area (Å²) in [6, 6.07) is 5.71. The SMILES string of the molecule is CCN(O)C(=O)C(C)(C)c1ccc(F)cc1. The van der Waals surface area contributed by atoms with Gasteiger partial charge in [-0.05, 0) is 38.5 Å². The number of amides is 1. The van der Waals surface area contributed by atoms with Crippen LogP contribution in [0.4, 0.5) is 4.39 Å². The molecule has 16 heavy (non-hydrogen) atoms. The predicted octanol–water partition coefficient (Wildman–Crippen LogP) is 2.34. The van der Waals surface area contributed by atoms with E-state index >= 15 is 0 Å². The zero-order valence-electron chi connectivity index (χ0n) is 9.70. The summed E-state index contributed by atoms with van der Waals surface area (Å²) in [7, 11) is 0. The van der Waals surface area contributed by atoms with E-state index in [0.29, 0.717) is 10.6 Å². The minimum Gasteiger partial charge on any atom is -0.286 e. The average molecular weight is 225 g/mol. The highest BCUT2D eigenvalue weighted by Crippen LogP contribution is 2.25. The van der Waals surface area contributed by atoms with Crippen LogP contribution >= 0.6 is 0 Å². The monoisotopic (exact) mass is 225 g/mol. The van der Waals surface area contributed by atoms with Crippen LogP contribution in [0.3, 0.4) is 0 Å². The molecule has 0 aliphatic heterocycles. The number of hydrogen-bond donors (Lipinski definition) is 1. The van der Waals surface area contributed by atoms with Crippen LogP contribution in [-0.4, -0.2) is 22.7 Å². The van der Waals surface area contributed by atoms with Crippen LogP contribution in [0.1, 0.15) is 26.3 Å². The van der Waals surface area contributed by atoms with E-state index in [4.69, 9.17) is 0 Å². The van der Waals surface area contributed by atoms with Crippen molar-refractivity contribution in [3.63, 3.8) is 0 Å². The summed E-state index contributed by atoms with van der Waals surface area (Å²) in [5.74, 6) is -0.745. The molecule has 0 fully saturated rings. The molecule has 0 atom stereocenters. The van der Waals surface area contributed by atoms with E-state index in [1.165, 1.54) is 12.1 Å². The number of carbonyl (C=O) groups is 1. The van der Waals surface area contributed by atoms with Gasteiger partial charge in [0.15, 0.2) is 0 Å². The second-order valence-electron chi connectivity index (χ2n) is 4.15. The summed E-state index contributed by atoms with van der Waals surface area (Å²) < 4.78 is 12.8. The molecule has 0 spiro atoms. The summed E-state index contributed by atoms with van der Waals surface area (Å²) in [4.78, 5) is 11.9. The Morgan fingerprint density at radius 2 is 1.88 bits per heavy atom. The first kappa shape index (κ1) is 12.6. The highest BCUT2D eigenvalue weighted by atomic mass is 19.1. The van der Waals surface area contributed by atoms with Crippen LogP contribution < -0.4 is 0 Å². The standard InChI is InChI=1S/C12H16FNO2/c1-4-14(16)11(15)12(2,3)9-5-7-10(13)8-6-9/h5-8,16H,4H2,1-3H3. The zero-order chi connectivity index (χ0) is 12.3. The zero-order valence-corrected chi connectivity index (χ0v) is 9.70. The molecule has 0 unspecified atom stereocenters. The van der Waals surface area contributed by atoms with Gasteiger partial charge in [-0.25, -0.2) is 9.45 Å². The van der Waals surface area contributed by atoms with E-state index < -0.39 is 11.3 Å². The lowest BCUT2D eigenvalue weighted by Gasteiger charge is -2.27. The van der Waals surface area contributed by atoms with Gasteiger partial charge >= 0.3 is 0 Å². The minimum atomic E-state index is -0.863. The molecule has 0 aromatic heterocycles. The molecule has 0 heterocycles. The van der Waals surface area contributed by atoms with Gasteiger partial charge in [0, 0.05) is 6.54 Å². The van der Waals surface area contributed by atoms with E-state index in [2.05, 4.69) is 0 Å². The van der Waals surface area contributed by atoms with E-state index in [-0.39, 0.29) is 12.4 Å². The normalized spacial score (nSPS) is 11.3. The van der Waals surface area contributed by atoms with E-state index in [1.807, 2.05) is 0 Å². The predicted molar refractivity (Wildman–Crippen MR) is 58.6 cm³/mol. The van der Waals surface area contributed by atoms with E-state index in [1.54, 1.807) is 32.9 Å². The number of hydrogen-bond acceptors (Lipinski definition) is 2. The number of rotatable bonds is 3. The molecule has 1 N–H and O–H groups in total. The van der Waals surface area contributed by atoms with Gasteiger partial charge in [-0.15, -0.1) is 0 Å². The number of hydroxylamine groups is 2. The Balaban J connectivity index is 3.01. The topological polar surface area (TPSA) is 40.5 Å². The fraction of sp³-hybridized carbons (Fsp3) is 0.417. The van der Waals surface area contributed by atoms with Crippen LogP contribution in [0.25, 0.3) is 0 Å². The van der Waals surface area contributed by atoms with Crippen molar-refractivity contribution in [3.05, 3.63) is 35.6 Å². The molecular weight excluding hydrogens is 209 g/mol. The first-order chi connectivity index (χ1) is 7.39. The molecule has 0 radical (unpaired) electrons. The maximum atomic E-state index is 12.8. The van der Waals surface area contributed by atoms with Crippen LogP contribution in [0.15, 0.2) is 24.3 Å². The van der Waals surface area contributed by atoms with Crippen molar-refractivity contribution < 1.29 is 14.4 Å². The fourth-order valence-corrected chi connectivity index (χ4v) is 1.46. The quantitative estimate of drug-likeness (QED) is 0.633. The molecule has 1 aromatic carbocycles. The van der Waals surface area contributed by atoms with Gasteiger partial charge < -0.3 is 0 Å². The van der Waals surface area contributed by atoms with Crippen molar-refractivity contribution in [1.82, 2.24) is 5.06 Å². The van der Waals surface area contributed by atoms with Crippen molar-refractivity contribution in [2.75, 3.05) is 6.54 Å². The highest BCUT2D eigenvalue weighted by molar-refractivity contribution is 5.86. The number of carbonyl (C=O) groups excluding carboxylic acids is 1. The van der Waals surface area contributed by atoms with Gasteiger partial charge in [0.2, 0.25) is 0 Å². The molecule has 0 aliphatic carbocycles. The molecule has 0 bridgehead atoms. The maximum Gasteiger partial charge on any atom is 0.255 e. The second-order valence-corrected chi connectivity index (χ2v) is 4.15. The Labute approximate surface area is 94.5 Å². The Morgan fingerprint density at radius 1 is 1.38 bits per heavy atom. The number of benzene rings is 1. The molecule has 0 saturated heterocycles. The minimum absolute atomic E-state index is 0.226. The molecule has 4 heteroatoms. The van der Waals surface area contributed by atoms with Gasteiger partial charge in [0.25, 0.3) is 5.91 Å². The van der Waals surface area contributed by atoms with Crippen molar-refractivity contribution >= 4 is 5.91 Å². The van der Waals surface area contributed by atoms with Crippen molar-refractivity contribution in [2.24, 2.45) is 0 Å². The molecule has 0 saturated carbocycles. The second kappa shape index (κ2) is 4.61. The molecule has 1 rings (SSSR count). The molecule has 88 valence electrons. The van der Waals surface area contributed by atoms with E-state index in [0.717, 1.165) is 0 Å². The fourth-order valence-electron chi connectivity index (χ4n) is 1.46. The average Bonchev–Trinajstić information content (AvgIpc) is 2.27. The lowest BCUT2D eigenvalue weighted by atomic mass is 9.83. The maximum absolute atomic E-state index is 12.8. The van der Waals surface area contributed by atoms with Gasteiger partial charge in [0.1, 0.15) is 5.82 Å². The third-order valence-electron chi connectivity index (χ3n) is 2.63. The third-order valence-corrected chi connectivity index (χ3v) is 2.63. The summed E-state index contributed by atoms with van der Waals surface area (Å²) in [5.41, 5.74) is -0.190. The summed E-state index contributed by atoms with van der Waals surface area (Å²) in [6.45, 7) is 5.30. The first-order valence-electron chi connectivity index (χ1n) is 5.16. The largest absolute Gasteiger partial charge is 0.286 e. The van der Waals surface area contributed by atoms with Crippen molar-refractivity contribution in [2.45, 2.75) is 26.2 Å². The van der Waals surface area contributed by atoms with Crippen LogP contribution in [0, 0.1) is 5.82 Å². The van der Waals surface area contributed by atoms with Crippen LogP contribution in [0.5, 0.6) is 0 Å². The number of nitrogens with zero attached hydrogens (tertiary/aromatic N) is 1. The van der Waals surface area contributed by atoms with Crippen molar-refractivity contribution in [3.8, 4) is 0 Å². The Bertz CT molecular complexity index is 373. The van der Waals surface area contributed by atoms with Gasteiger partial charge in [-0.3, -0.25) is 10.0 Å². The summed E-state index contributed by atoms with van der Waals surface area (Å²) >= 11 is 0. The Hall–Kier alpha value is -1.42. The smallest absolute Gasteiger partial charge is 0.255 e. The molecule has 1 amide bonds. The van der Waals surface area contributed by atoms with E-state index in [9.17, 15) is 14.4 Å². The van der Waals surface area contributed by atoms with Crippen molar-refractivity contribution in [1.29, 1.82) is 0 Å². The van der Waals surface area contributed by atoms with Gasteiger partial charge in [-0.1, -0.05) is 12.1 Å². The third kappa shape index (κ3) is 2.39. The molecule has 1 aromatic rings. The molecule has 3 nitrogen and oxygen atoms in total. The van der Waals surface area contributed by atoms with Crippen LogP contribution in [0.2, 0.25) is 0 Å². The Morgan fingerprint density at radius 3 is 2.31 bits per heavy atom. The van der Waals surface area contributed by atoms with Gasteiger partial charge in [0.05, 0.1) is 5.41 Å².